The van der Waals surface area contributed by atoms with Gasteiger partial charge in [0.1, 0.15) is 11.2 Å². The summed E-state index contributed by atoms with van der Waals surface area (Å²) >= 11 is 0. The summed E-state index contributed by atoms with van der Waals surface area (Å²) in [5.41, 5.74) is 19.2. The van der Waals surface area contributed by atoms with Crippen molar-refractivity contribution in [3.05, 3.63) is 274 Å². The second-order valence-electron chi connectivity index (χ2n) is 20.3. The molecular weight excluding hydrogens is 995 g/mol. The minimum Gasteiger partial charge on any atom is -0.478 e. The van der Waals surface area contributed by atoms with Crippen LogP contribution in [0.3, 0.4) is 0 Å². The average Bonchev–Trinajstić information content (AvgIpc) is 3.96. The van der Waals surface area contributed by atoms with Gasteiger partial charge in [0.05, 0.1) is 0 Å². The largest absolute Gasteiger partial charge is 0.478 e. The second-order valence-corrected chi connectivity index (χ2v) is 20.3. The molecule has 0 bridgehead atoms. The zero-order valence-corrected chi connectivity index (χ0v) is 43.6. The molecule has 13 aromatic rings. The number of aromatic nitrogens is 5. The van der Waals surface area contributed by atoms with E-state index in [1.807, 2.05) is 73.1 Å². The summed E-state index contributed by atoms with van der Waals surface area (Å²) in [5.74, 6) is 3.12. The summed E-state index contributed by atoms with van der Waals surface area (Å²) in [4.78, 5) is 24.2. The fourth-order valence-corrected chi connectivity index (χ4v) is 11.1. The van der Waals surface area contributed by atoms with Crippen LogP contribution in [-0.2, 0) is 0 Å². The molecule has 2 aliphatic rings. The molecule has 4 aromatic heterocycles. The topological polar surface area (TPSA) is 96.1 Å². The van der Waals surface area contributed by atoms with Gasteiger partial charge in [0.15, 0.2) is 41.2 Å². The summed E-state index contributed by atoms with van der Waals surface area (Å²) < 4.78 is 20.0. The number of hydrogen-bond donors (Lipinski definition) is 0. The summed E-state index contributed by atoms with van der Waals surface area (Å²) in [6, 6.07) is 77.9. The zero-order chi connectivity index (χ0) is 53.6. The van der Waals surface area contributed by atoms with Crippen molar-refractivity contribution in [3.8, 4) is 124 Å². The fraction of sp³-hybridized carbons (Fsp3) is 0.0274. The molecule has 0 N–H and O–H groups in total. The van der Waals surface area contributed by atoms with Crippen LogP contribution in [0.5, 0.6) is 11.5 Å². The maximum atomic E-state index is 6.91. The Labute approximate surface area is 467 Å². The van der Waals surface area contributed by atoms with Gasteiger partial charge in [0, 0.05) is 74.5 Å². The van der Waals surface area contributed by atoms with E-state index in [1.54, 1.807) is 12.4 Å². The van der Waals surface area contributed by atoms with E-state index in [9.17, 15) is 0 Å². The lowest BCUT2D eigenvalue weighted by atomic mass is 9.93. The lowest BCUT2D eigenvalue weighted by Gasteiger charge is -2.34. The van der Waals surface area contributed by atoms with E-state index in [0.717, 1.165) is 117 Å². The Bertz CT molecular complexity index is 4480. The van der Waals surface area contributed by atoms with Gasteiger partial charge in [-0.05, 0) is 135 Å². The van der Waals surface area contributed by atoms with E-state index in [1.165, 1.54) is 0 Å². The van der Waals surface area contributed by atoms with Crippen molar-refractivity contribution in [2.45, 2.75) is 12.2 Å². The van der Waals surface area contributed by atoms with Gasteiger partial charge < -0.3 is 13.9 Å². The standard InChI is InChI=1S/C73H47N5O3/c1-2-10-46(11-3-1)47-24-30-53(31-25-47)71-76-72(78-73(77-71)55-34-37-66-64(43-55)63-14-4-5-15-65(63)79-66)54-32-28-52(29-33-54)62-36-35-61(69-70(62)81-68-17-7-6-16-67(68)80-69)51-26-22-49(23-27-51)48-18-20-50(21-19-48)58-40-59(56-12-8-38-74-44-56)42-60(41-58)57-13-9-39-75-45-57/h1-45,67-68H. The molecule has 2 unspecified atom stereocenters. The van der Waals surface area contributed by atoms with Gasteiger partial charge in [-0.15, -0.1) is 0 Å². The number of furan rings is 1. The minimum absolute atomic E-state index is 0.267. The molecule has 1 aliphatic heterocycles. The quantitative estimate of drug-likeness (QED) is 0.134. The summed E-state index contributed by atoms with van der Waals surface area (Å²) in [6.07, 6.45) is 15.0. The maximum Gasteiger partial charge on any atom is 0.170 e. The molecule has 15 rings (SSSR count). The Hall–Kier alpha value is -10.8. The summed E-state index contributed by atoms with van der Waals surface area (Å²) in [6.45, 7) is 0. The number of nitrogens with zero attached hydrogens (tertiary/aromatic N) is 5. The molecule has 9 aromatic carbocycles. The van der Waals surface area contributed by atoms with Gasteiger partial charge >= 0.3 is 0 Å². The predicted octanol–water partition coefficient (Wildman–Crippen LogP) is 17.9. The van der Waals surface area contributed by atoms with Crippen LogP contribution in [0.15, 0.2) is 278 Å². The number of rotatable bonds is 10. The number of allylic oxidation sites excluding steroid dienone is 2. The Morgan fingerprint density at radius 3 is 1.19 bits per heavy atom. The van der Waals surface area contributed by atoms with Gasteiger partial charge in [0.25, 0.3) is 0 Å². The first-order chi connectivity index (χ1) is 40.1. The second kappa shape index (κ2) is 20.2. The molecule has 81 heavy (non-hydrogen) atoms. The molecule has 1 aliphatic carbocycles. The van der Waals surface area contributed by atoms with Crippen molar-refractivity contribution in [1.29, 1.82) is 0 Å². The van der Waals surface area contributed by atoms with E-state index < -0.39 is 0 Å². The van der Waals surface area contributed by atoms with Gasteiger partial charge in [-0.25, -0.2) is 15.0 Å². The Morgan fingerprint density at radius 2 is 0.679 bits per heavy atom. The van der Waals surface area contributed by atoms with Gasteiger partial charge in [-0.1, -0.05) is 170 Å². The van der Waals surface area contributed by atoms with E-state index >= 15 is 0 Å². The molecule has 0 radical (unpaired) electrons. The monoisotopic (exact) mass is 1040 g/mol. The van der Waals surface area contributed by atoms with Gasteiger partial charge in [-0.3, -0.25) is 9.97 Å². The van der Waals surface area contributed by atoms with E-state index in [4.69, 9.17) is 28.8 Å². The molecule has 8 nitrogen and oxygen atoms in total. The Kier molecular flexibility index (Phi) is 11.8. The molecule has 0 saturated heterocycles. The van der Waals surface area contributed by atoms with Crippen LogP contribution in [0.1, 0.15) is 0 Å². The third kappa shape index (κ3) is 9.10. The number of para-hydroxylation sites is 1. The van der Waals surface area contributed by atoms with Crippen molar-refractivity contribution in [2.24, 2.45) is 0 Å². The SMILES string of the molecule is C1=CC2Oc3c(-c4ccc(-c5ccc(-c6cc(-c7cccnc7)cc(-c7cccnc7)c6)cc5)cc4)ccc(-c4ccc(-c5nc(-c6ccc(-c7ccccc7)cc6)nc(-c6ccc7oc8ccccc8c7c6)n5)cc4)c3OC2C=C1. The van der Waals surface area contributed by atoms with E-state index in [2.05, 4.69) is 198 Å². The molecule has 8 heteroatoms. The Morgan fingerprint density at radius 1 is 0.284 bits per heavy atom. The normalized spacial score (nSPS) is 14.3. The fourth-order valence-electron chi connectivity index (χ4n) is 11.1. The third-order valence-electron chi connectivity index (χ3n) is 15.3. The first-order valence-corrected chi connectivity index (χ1v) is 27.1. The highest BCUT2D eigenvalue weighted by atomic mass is 16.6. The average molecular weight is 1040 g/mol. The summed E-state index contributed by atoms with van der Waals surface area (Å²) in [7, 11) is 0. The molecule has 5 heterocycles. The molecule has 0 saturated carbocycles. The molecule has 0 amide bonds. The number of pyridine rings is 2. The van der Waals surface area contributed by atoms with Crippen LogP contribution in [0.2, 0.25) is 0 Å². The van der Waals surface area contributed by atoms with Crippen LogP contribution in [-0.4, -0.2) is 37.1 Å². The number of hydrogen-bond acceptors (Lipinski definition) is 8. The number of benzene rings is 9. The Balaban J connectivity index is 0.749. The lowest BCUT2D eigenvalue weighted by Crippen LogP contribution is -2.38. The molecule has 382 valence electrons. The van der Waals surface area contributed by atoms with Crippen LogP contribution >= 0.6 is 0 Å². The minimum atomic E-state index is -0.274. The molecule has 2 atom stereocenters. The first kappa shape index (κ1) is 47.4. The molecular formula is C73H47N5O3. The number of fused-ring (bicyclic) bond motifs is 5. The highest BCUT2D eigenvalue weighted by molar-refractivity contribution is 6.06. The van der Waals surface area contributed by atoms with Crippen LogP contribution in [0.4, 0.5) is 0 Å². The highest BCUT2D eigenvalue weighted by Gasteiger charge is 2.33. The first-order valence-electron chi connectivity index (χ1n) is 27.1. The van der Waals surface area contributed by atoms with Crippen LogP contribution < -0.4 is 9.47 Å². The van der Waals surface area contributed by atoms with E-state index in [-0.39, 0.29) is 12.2 Å². The predicted molar refractivity (Wildman–Crippen MR) is 324 cm³/mol. The van der Waals surface area contributed by atoms with Crippen molar-refractivity contribution in [3.63, 3.8) is 0 Å². The van der Waals surface area contributed by atoms with Crippen molar-refractivity contribution < 1.29 is 13.9 Å². The van der Waals surface area contributed by atoms with Crippen molar-refractivity contribution in [1.82, 2.24) is 24.9 Å². The van der Waals surface area contributed by atoms with Gasteiger partial charge in [-0.2, -0.15) is 0 Å². The smallest absolute Gasteiger partial charge is 0.170 e. The number of ether oxygens (including phenoxy) is 2. The van der Waals surface area contributed by atoms with Gasteiger partial charge in [0.2, 0.25) is 0 Å². The molecule has 0 fully saturated rings. The molecule has 0 spiro atoms. The lowest BCUT2D eigenvalue weighted by molar-refractivity contribution is 0.0769. The maximum absolute atomic E-state index is 6.91. The summed E-state index contributed by atoms with van der Waals surface area (Å²) in [5, 5.41) is 2.05. The van der Waals surface area contributed by atoms with Crippen molar-refractivity contribution >= 4 is 21.9 Å². The highest BCUT2D eigenvalue weighted by Crippen LogP contribution is 2.49. The van der Waals surface area contributed by atoms with Crippen LogP contribution in [0, 0.1) is 0 Å². The van der Waals surface area contributed by atoms with Crippen molar-refractivity contribution in [2.75, 3.05) is 0 Å². The van der Waals surface area contributed by atoms with Crippen LogP contribution in [0.25, 0.3) is 134 Å². The van der Waals surface area contributed by atoms with E-state index in [0.29, 0.717) is 29.0 Å². The zero-order valence-electron chi connectivity index (χ0n) is 43.6. The third-order valence-corrected chi connectivity index (χ3v) is 15.3.